The number of hydrogen-bond donors (Lipinski definition) is 3. The highest BCUT2D eigenvalue weighted by Crippen LogP contribution is 2.34. The molecule has 1 aliphatic carbocycles. The molecule has 0 unspecified atom stereocenters. The van der Waals surface area contributed by atoms with Crippen molar-refractivity contribution < 1.29 is 10.2 Å². The van der Waals surface area contributed by atoms with Crippen molar-refractivity contribution in [3.63, 3.8) is 0 Å². The van der Waals surface area contributed by atoms with E-state index in [9.17, 15) is 10.2 Å². The maximum atomic E-state index is 10.4. The molecular formula is C22H32N4O2. The lowest BCUT2D eigenvalue weighted by Gasteiger charge is -2.25. The predicted octanol–water partition coefficient (Wildman–Crippen LogP) is 2.61. The van der Waals surface area contributed by atoms with Gasteiger partial charge in [0.05, 0.1) is 6.10 Å². The minimum Gasteiger partial charge on any atom is -0.396 e. The summed E-state index contributed by atoms with van der Waals surface area (Å²) in [5.74, 6) is 0.696. The molecule has 0 spiro atoms. The van der Waals surface area contributed by atoms with Crippen molar-refractivity contribution in [2.45, 2.75) is 57.6 Å². The van der Waals surface area contributed by atoms with Gasteiger partial charge in [0.2, 0.25) is 0 Å². The summed E-state index contributed by atoms with van der Waals surface area (Å²) in [4.78, 5) is 13.2. The van der Waals surface area contributed by atoms with Gasteiger partial charge in [-0.1, -0.05) is 26.2 Å². The summed E-state index contributed by atoms with van der Waals surface area (Å²) >= 11 is 0. The highest BCUT2D eigenvalue weighted by molar-refractivity contribution is 5.52. The van der Waals surface area contributed by atoms with Gasteiger partial charge in [-0.2, -0.15) is 0 Å². The van der Waals surface area contributed by atoms with Crippen LogP contribution in [0.1, 0.15) is 44.7 Å². The quantitative estimate of drug-likeness (QED) is 0.546. The summed E-state index contributed by atoms with van der Waals surface area (Å²) in [6.07, 6.45) is 11.1. The van der Waals surface area contributed by atoms with E-state index in [0.717, 1.165) is 24.2 Å². The number of nitrogens with zero attached hydrogens (tertiary/aromatic N) is 3. The lowest BCUT2D eigenvalue weighted by atomic mass is 9.88. The Morgan fingerprint density at radius 1 is 1.14 bits per heavy atom. The number of nitrogens with one attached hydrogen (secondary N) is 1. The summed E-state index contributed by atoms with van der Waals surface area (Å²) in [5, 5.41) is 23.9. The fraction of sp³-hybridized carbons (Fsp3) is 0.591. The Bertz CT molecular complexity index is 713. The van der Waals surface area contributed by atoms with Gasteiger partial charge in [0, 0.05) is 48.4 Å². The zero-order valence-corrected chi connectivity index (χ0v) is 16.7. The topological polar surface area (TPSA) is 91.2 Å². The van der Waals surface area contributed by atoms with Crippen molar-refractivity contribution in [1.29, 1.82) is 0 Å². The van der Waals surface area contributed by atoms with E-state index < -0.39 is 6.10 Å². The minimum absolute atomic E-state index is 0.000391. The molecule has 2 aromatic heterocycles. The van der Waals surface area contributed by atoms with Crippen LogP contribution in [-0.2, 0) is 6.42 Å². The van der Waals surface area contributed by atoms with Crippen LogP contribution in [-0.4, -0.2) is 50.5 Å². The molecular weight excluding hydrogens is 352 g/mol. The van der Waals surface area contributed by atoms with Crippen LogP contribution in [0.5, 0.6) is 0 Å². The third-order valence-corrected chi connectivity index (χ3v) is 5.78. The molecule has 1 saturated carbocycles. The normalized spacial score (nSPS) is 24.5. The van der Waals surface area contributed by atoms with Gasteiger partial charge in [-0.3, -0.25) is 4.98 Å². The highest BCUT2D eigenvalue weighted by atomic mass is 16.3. The molecule has 3 N–H and O–H groups in total. The molecule has 1 fully saturated rings. The second kappa shape index (κ2) is 10.6. The van der Waals surface area contributed by atoms with Crippen LogP contribution in [0.4, 0.5) is 0 Å². The molecule has 0 saturated heterocycles. The first-order chi connectivity index (χ1) is 13.7. The third kappa shape index (κ3) is 5.34. The first-order valence-electron chi connectivity index (χ1n) is 10.5. The van der Waals surface area contributed by atoms with Crippen LogP contribution in [0.15, 0.2) is 36.8 Å². The van der Waals surface area contributed by atoms with E-state index >= 15 is 0 Å². The molecule has 6 heteroatoms. The average Bonchev–Trinajstić information content (AvgIpc) is 3.03. The second-order valence-electron chi connectivity index (χ2n) is 7.75. The number of rotatable bonds is 10. The summed E-state index contributed by atoms with van der Waals surface area (Å²) in [5.41, 5.74) is 1.82. The van der Waals surface area contributed by atoms with E-state index in [0.29, 0.717) is 18.7 Å². The van der Waals surface area contributed by atoms with Gasteiger partial charge in [-0.15, -0.1) is 0 Å². The highest BCUT2D eigenvalue weighted by Gasteiger charge is 2.41. The number of aliphatic hydroxyl groups excluding tert-OH is 2. The molecule has 0 amide bonds. The lowest BCUT2D eigenvalue weighted by Crippen LogP contribution is -2.37. The molecule has 152 valence electrons. The Morgan fingerprint density at radius 2 is 2.04 bits per heavy atom. The summed E-state index contributed by atoms with van der Waals surface area (Å²) < 4.78 is 0. The molecule has 2 aromatic rings. The number of unbranched alkanes of at least 4 members (excludes halogenated alkanes) is 3. The molecule has 4 atom stereocenters. The number of pyridine rings is 1. The Hall–Kier alpha value is -1.89. The van der Waals surface area contributed by atoms with Crippen molar-refractivity contribution in [2.24, 2.45) is 11.8 Å². The predicted molar refractivity (Wildman–Crippen MR) is 110 cm³/mol. The van der Waals surface area contributed by atoms with Gasteiger partial charge < -0.3 is 15.5 Å². The maximum absolute atomic E-state index is 10.4. The van der Waals surface area contributed by atoms with E-state index in [2.05, 4.69) is 22.2 Å². The molecule has 1 aliphatic rings. The number of aliphatic hydroxyl groups is 2. The Kier molecular flexibility index (Phi) is 7.89. The number of hydrogen-bond acceptors (Lipinski definition) is 6. The first-order valence-corrected chi connectivity index (χ1v) is 10.5. The van der Waals surface area contributed by atoms with Crippen molar-refractivity contribution in [1.82, 2.24) is 20.3 Å². The first kappa shape index (κ1) is 20.8. The Balaban J connectivity index is 1.68. The van der Waals surface area contributed by atoms with Gasteiger partial charge in [0.15, 0.2) is 5.82 Å². The van der Waals surface area contributed by atoms with Crippen molar-refractivity contribution in [3.8, 4) is 11.4 Å². The SMILES string of the molecule is CCCCCCN[C@@H]1C[C@@H](O)[C@H](CO)[C@H]1Cc1ccnc(-c2cccnc2)n1. The summed E-state index contributed by atoms with van der Waals surface area (Å²) in [6.45, 7) is 3.17. The smallest absolute Gasteiger partial charge is 0.160 e. The largest absolute Gasteiger partial charge is 0.396 e. The van der Waals surface area contributed by atoms with Crippen LogP contribution in [0.25, 0.3) is 11.4 Å². The van der Waals surface area contributed by atoms with Gasteiger partial charge in [-0.25, -0.2) is 9.97 Å². The molecule has 0 aromatic carbocycles. The van der Waals surface area contributed by atoms with Crippen LogP contribution in [0, 0.1) is 11.8 Å². The molecule has 2 heterocycles. The van der Waals surface area contributed by atoms with Crippen molar-refractivity contribution >= 4 is 0 Å². The monoisotopic (exact) mass is 384 g/mol. The standard InChI is InChI=1S/C22H32N4O2/c1-2-3-4-5-10-24-20-13-21(28)19(15-27)18(20)12-17-8-11-25-22(26-17)16-7-6-9-23-14-16/h6-9,11,14,18-21,24,27-28H,2-5,10,12-13,15H2,1H3/t18-,19-,20-,21-/m1/s1. The van der Waals surface area contributed by atoms with E-state index in [4.69, 9.17) is 4.98 Å². The molecule has 3 rings (SSSR count). The van der Waals surface area contributed by atoms with Gasteiger partial charge in [-0.05, 0) is 49.9 Å². The average molecular weight is 385 g/mol. The molecule has 6 nitrogen and oxygen atoms in total. The van der Waals surface area contributed by atoms with Gasteiger partial charge >= 0.3 is 0 Å². The maximum Gasteiger partial charge on any atom is 0.160 e. The summed E-state index contributed by atoms with van der Waals surface area (Å²) in [6, 6.07) is 5.95. The fourth-order valence-corrected chi connectivity index (χ4v) is 4.20. The second-order valence-corrected chi connectivity index (χ2v) is 7.75. The van der Waals surface area contributed by atoms with Crippen molar-refractivity contribution in [2.75, 3.05) is 13.2 Å². The van der Waals surface area contributed by atoms with Gasteiger partial charge in [0.25, 0.3) is 0 Å². The van der Waals surface area contributed by atoms with Gasteiger partial charge in [0.1, 0.15) is 0 Å². The van der Waals surface area contributed by atoms with Crippen LogP contribution in [0.3, 0.4) is 0 Å². The zero-order valence-electron chi connectivity index (χ0n) is 16.7. The van der Waals surface area contributed by atoms with E-state index in [1.807, 2.05) is 18.2 Å². The minimum atomic E-state index is -0.470. The zero-order chi connectivity index (χ0) is 19.8. The third-order valence-electron chi connectivity index (χ3n) is 5.78. The molecule has 0 radical (unpaired) electrons. The Morgan fingerprint density at radius 3 is 2.79 bits per heavy atom. The Labute approximate surface area is 167 Å². The number of aromatic nitrogens is 3. The molecule has 0 bridgehead atoms. The van der Waals surface area contributed by atoms with E-state index in [1.165, 1.54) is 19.3 Å². The van der Waals surface area contributed by atoms with Crippen LogP contribution < -0.4 is 5.32 Å². The molecule has 0 aliphatic heterocycles. The summed E-state index contributed by atoms with van der Waals surface area (Å²) in [7, 11) is 0. The van der Waals surface area contributed by atoms with Crippen LogP contribution >= 0.6 is 0 Å². The van der Waals surface area contributed by atoms with E-state index in [-0.39, 0.29) is 24.5 Å². The van der Waals surface area contributed by atoms with Crippen molar-refractivity contribution in [3.05, 3.63) is 42.5 Å². The lowest BCUT2D eigenvalue weighted by molar-refractivity contribution is 0.0716. The van der Waals surface area contributed by atoms with Crippen LogP contribution in [0.2, 0.25) is 0 Å². The molecule has 28 heavy (non-hydrogen) atoms. The van der Waals surface area contributed by atoms with E-state index in [1.54, 1.807) is 18.6 Å². The fourth-order valence-electron chi connectivity index (χ4n) is 4.20.